The highest BCUT2D eigenvalue weighted by molar-refractivity contribution is 6.12. The van der Waals surface area contributed by atoms with E-state index < -0.39 is 11.9 Å². The third kappa shape index (κ3) is 3.80. The Hall–Kier alpha value is -2.56. The SMILES string of the molecule is CCOC(=O)C1=CC(C)OC(c2ccccc2)=C1C(=O)OCC. The Morgan fingerprint density at radius 2 is 1.65 bits per heavy atom. The van der Waals surface area contributed by atoms with Crippen LogP contribution in [0.1, 0.15) is 26.3 Å². The summed E-state index contributed by atoms with van der Waals surface area (Å²) in [6.45, 7) is 5.65. The lowest BCUT2D eigenvalue weighted by Gasteiger charge is -2.24. The second kappa shape index (κ2) is 7.63. The Morgan fingerprint density at radius 1 is 1.04 bits per heavy atom. The minimum absolute atomic E-state index is 0.106. The summed E-state index contributed by atoms with van der Waals surface area (Å²) in [5.74, 6) is -0.821. The van der Waals surface area contributed by atoms with Crippen molar-refractivity contribution in [1.29, 1.82) is 0 Å². The normalized spacial score (nSPS) is 17.2. The van der Waals surface area contributed by atoms with Crippen molar-refractivity contribution in [2.24, 2.45) is 0 Å². The van der Waals surface area contributed by atoms with Gasteiger partial charge in [-0.3, -0.25) is 0 Å². The molecule has 1 atom stereocenters. The van der Waals surface area contributed by atoms with Gasteiger partial charge in [0.2, 0.25) is 0 Å². The fourth-order valence-corrected chi connectivity index (χ4v) is 2.31. The van der Waals surface area contributed by atoms with Gasteiger partial charge < -0.3 is 14.2 Å². The molecule has 0 spiro atoms. The Bertz CT molecular complexity index is 643. The Morgan fingerprint density at radius 3 is 2.26 bits per heavy atom. The monoisotopic (exact) mass is 316 g/mol. The number of carbonyl (C=O) groups is 2. The predicted molar refractivity (Wildman–Crippen MR) is 85.3 cm³/mol. The summed E-state index contributed by atoms with van der Waals surface area (Å²) in [6.07, 6.45) is 1.22. The van der Waals surface area contributed by atoms with E-state index >= 15 is 0 Å². The first-order valence-electron chi connectivity index (χ1n) is 7.61. The standard InChI is InChI=1S/C18H20O5/c1-4-21-17(19)14-11-12(3)23-16(13-9-7-6-8-10-13)15(14)18(20)22-5-2/h6-12H,4-5H2,1-3H3. The summed E-state index contributed by atoms with van der Waals surface area (Å²) in [5, 5.41) is 0. The van der Waals surface area contributed by atoms with Gasteiger partial charge in [0.05, 0.1) is 18.8 Å². The molecule has 0 aliphatic carbocycles. The van der Waals surface area contributed by atoms with Gasteiger partial charge in [0, 0.05) is 5.56 Å². The number of rotatable bonds is 5. The molecule has 1 aromatic carbocycles. The lowest BCUT2D eigenvalue weighted by molar-refractivity contribution is -0.142. The van der Waals surface area contributed by atoms with Crippen LogP contribution in [0.4, 0.5) is 0 Å². The van der Waals surface area contributed by atoms with Crippen LogP contribution in [0.3, 0.4) is 0 Å². The van der Waals surface area contributed by atoms with Crippen LogP contribution in [0.5, 0.6) is 0 Å². The van der Waals surface area contributed by atoms with E-state index in [1.807, 2.05) is 30.3 Å². The van der Waals surface area contributed by atoms with E-state index in [2.05, 4.69) is 0 Å². The fraction of sp³-hybridized carbons (Fsp3) is 0.333. The van der Waals surface area contributed by atoms with Crippen molar-refractivity contribution in [3.63, 3.8) is 0 Å². The molecule has 1 aliphatic heterocycles. The molecule has 2 rings (SSSR count). The molecule has 0 bridgehead atoms. The van der Waals surface area contributed by atoms with E-state index in [9.17, 15) is 9.59 Å². The van der Waals surface area contributed by atoms with Gasteiger partial charge in [0.25, 0.3) is 0 Å². The van der Waals surface area contributed by atoms with Crippen molar-refractivity contribution in [3.05, 3.63) is 53.1 Å². The van der Waals surface area contributed by atoms with Gasteiger partial charge in [0.15, 0.2) is 0 Å². The molecular weight excluding hydrogens is 296 g/mol. The smallest absolute Gasteiger partial charge is 0.342 e. The van der Waals surface area contributed by atoms with Crippen molar-refractivity contribution in [2.75, 3.05) is 13.2 Å². The predicted octanol–water partition coefficient (Wildman–Crippen LogP) is 2.87. The zero-order valence-electron chi connectivity index (χ0n) is 13.5. The maximum absolute atomic E-state index is 12.4. The molecule has 0 N–H and O–H groups in total. The zero-order valence-corrected chi connectivity index (χ0v) is 13.5. The Labute approximate surface area is 135 Å². The van der Waals surface area contributed by atoms with E-state index in [0.29, 0.717) is 11.3 Å². The van der Waals surface area contributed by atoms with Gasteiger partial charge in [-0.25, -0.2) is 9.59 Å². The van der Waals surface area contributed by atoms with Crippen LogP contribution < -0.4 is 0 Å². The van der Waals surface area contributed by atoms with Crippen molar-refractivity contribution < 1.29 is 23.8 Å². The molecule has 0 fully saturated rings. The molecule has 0 saturated carbocycles. The van der Waals surface area contributed by atoms with Gasteiger partial charge in [-0.15, -0.1) is 0 Å². The molecule has 0 radical (unpaired) electrons. The van der Waals surface area contributed by atoms with Crippen molar-refractivity contribution in [3.8, 4) is 0 Å². The number of esters is 2. The topological polar surface area (TPSA) is 61.8 Å². The van der Waals surface area contributed by atoms with Crippen molar-refractivity contribution in [2.45, 2.75) is 26.9 Å². The molecule has 5 nitrogen and oxygen atoms in total. The summed E-state index contributed by atoms with van der Waals surface area (Å²) in [6, 6.07) is 9.16. The van der Waals surface area contributed by atoms with Crippen molar-refractivity contribution in [1.82, 2.24) is 0 Å². The highest BCUT2D eigenvalue weighted by Gasteiger charge is 2.33. The summed E-state index contributed by atoms with van der Waals surface area (Å²) in [5.41, 5.74) is 0.995. The molecule has 0 saturated heterocycles. The third-order valence-electron chi connectivity index (χ3n) is 3.21. The molecule has 23 heavy (non-hydrogen) atoms. The molecule has 122 valence electrons. The quantitative estimate of drug-likeness (QED) is 0.782. The third-order valence-corrected chi connectivity index (χ3v) is 3.21. The number of hydrogen-bond acceptors (Lipinski definition) is 5. The first-order chi connectivity index (χ1) is 11.1. The van der Waals surface area contributed by atoms with Crippen LogP contribution >= 0.6 is 0 Å². The number of ether oxygens (including phenoxy) is 3. The summed E-state index contributed by atoms with van der Waals surface area (Å²) < 4.78 is 16.0. The van der Waals surface area contributed by atoms with Crippen LogP contribution in [0.25, 0.3) is 5.76 Å². The van der Waals surface area contributed by atoms with Gasteiger partial charge >= 0.3 is 11.9 Å². The highest BCUT2D eigenvalue weighted by Crippen LogP contribution is 2.32. The number of hydrogen-bond donors (Lipinski definition) is 0. The first-order valence-corrected chi connectivity index (χ1v) is 7.61. The molecule has 1 aliphatic rings. The van der Waals surface area contributed by atoms with Crippen molar-refractivity contribution >= 4 is 17.7 Å². The lowest BCUT2D eigenvalue weighted by Crippen LogP contribution is -2.25. The zero-order chi connectivity index (χ0) is 16.8. The van der Waals surface area contributed by atoms with Crippen LogP contribution in [0.2, 0.25) is 0 Å². The molecule has 1 unspecified atom stereocenters. The number of carbonyl (C=O) groups excluding carboxylic acids is 2. The van der Waals surface area contributed by atoms with Crippen LogP contribution in [0.15, 0.2) is 47.6 Å². The second-order valence-corrected chi connectivity index (χ2v) is 4.91. The second-order valence-electron chi connectivity index (χ2n) is 4.91. The summed E-state index contributed by atoms with van der Waals surface area (Å²) >= 11 is 0. The summed E-state index contributed by atoms with van der Waals surface area (Å²) in [4.78, 5) is 24.7. The maximum Gasteiger partial charge on any atom is 0.342 e. The molecule has 1 aromatic rings. The van der Waals surface area contributed by atoms with Gasteiger partial charge in [-0.05, 0) is 26.8 Å². The Balaban J connectivity index is 2.57. The van der Waals surface area contributed by atoms with E-state index in [1.54, 1.807) is 26.8 Å². The highest BCUT2D eigenvalue weighted by atomic mass is 16.5. The fourth-order valence-electron chi connectivity index (χ4n) is 2.31. The Kier molecular flexibility index (Phi) is 5.57. The number of benzene rings is 1. The molecule has 5 heteroatoms. The van der Waals surface area contributed by atoms with Gasteiger partial charge in [-0.1, -0.05) is 30.3 Å². The average Bonchev–Trinajstić information content (AvgIpc) is 2.55. The van der Waals surface area contributed by atoms with E-state index in [1.165, 1.54) is 0 Å². The van der Waals surface area contributed by atoms with E-state index in [0.717, 1.165) is 0 Å². The van der Waals surface area contributed by atoms with E-state index in [4.69, 9.17) is 14.2 Å². The largest absolute Gasteiger partial charge is 0.485 e. The van der Waals surface area contributed by atoms with Crippen LogP contribution in [-0.2, 0) is 23.8 Å². The lowest BCUT2D eigenvalue weighted by atomic mass is 9.97. The first kappa shape index (κ1) is 16.8. The van der Waals surface area contributed by atoms with Gasteiger partial charge in [0.1, 0.15) is 17.4 Å². The minimum atomic E-state index is -0.599. The summed E-state index contributed by atoms with van der Waals surface area (Å²) in [7, 11) is 0. The molecule has 0 amide bonds. The molecular formula is C18H20O5. The molecule has 0 aromatic heterocycles. The average molecular weight is 316 g/mol. The maximum atomic E-state index is 12.4. The van der Waals surface area contributed by atoms with Crippen LogP contribution in [-0.4, -0.2) is 31.3 Å². The molecule has 1 heterocycles. The van der Waals surface area contributed by atoms with E-state index in [-0.39, 0.29) is 30.5 Å². The van der Waals surface area contributed by atoms with Crippen LogP contribution in [0, 0.1) is 0 Å². The van der Waals surface area contributed by atoms with Gasteiger partial charge in [-0.2, -0.15) is 0 Å². The minimum Gasteiger partial charge on any atom is -0.485 e.